The van der Waals surface area contributed by atoms with Crippen molar-refractivity contribution in [3.63, 3.8) is 0 Å². The molecule has 0 bridgehead atoms. The molecule has 1 fully saturated rings. The zero-order valence-corrected chi connectivity index (χ0v) is 18.2. The van der Waals surface area contributed by atoms with Crippen LogP contribution >= 0.6 is 0 Å². The SMILES string of the molecule is Cc1ccc(C(=O)NCCNc2ccccc2[N+](=O)[O-])cc1S(=O)(=O)N1CCCCC1. The molecule has 1 aliphatic rings. The van der Waals surface area contributed by atoms with E-state index in [-0.39, 0.29) is 29.2 Å². The fraction of sp³-hybridized carbons (Fsp3) is 0.381. The zero-order chi connectivity index (χ0) is 22.4. The quantitative estimate of drug-likeness (QED) is 0.365. The van der Waals surface area contributed by atoms with Gasteiger partial charge in [0.05, 0.1) is 9.82 Å². The molecular formula is C21H26N4O5S. The van der Waals surface area contributed by atoms with Gasteiger partial charge in [0.1, 0.15) is 5.69 Å². The first-order chi connectivity index (χ1) is 14.8. The summed E-state index contributed by atoms with van der Waals surface area (Å²) < 4.78 is 27.5. The number of benzene rings is 2. The van der Waals surface area contributed by atoms with Gasteiger partial charge in [-0.1, -0.05) is 24.6 Å². The fourth-order valence-corrected chi connectivity index (χ4v) is 5.29. The van der Waals surface area contributed by atoms with Crippen molar-refractivity contribution in [2.75, 3.05) is 31.5 Å². The molecule has 1 aliphatic heterocycles. The molecule has 0 radical (unpaired) electrons. The van der Waals surface area contributed by atoms with E-state index in [4.69, 9.17) is 0 Å². The zero-order valence-electron chi connectivity index (χ0n) is 17.3. The Morgan fingerprint density at radius 2 is 1.81 bits per heavy atom. The second-order valence-corrected chi connectivity index (χ2v) is 9.31. The van der Waals surface area contributed by atoms with Crippen molar-refractivity contribution >= 4 is 27.3 Å². The first kappa shape index (κ1) is 22.7. The lowest BCUT2D eigenvalue weighted by Gasteiger charge is -2.26. The molecule has 0 aromatic heterocycles. The molecule has 0 saturated carbocycles. The summed E-state index contributed by atoms with van der Waals surface area (Å²) in [6.07, 6.45) is 2.70. The van der Waals surface area contributed by atoms with Crippen molar-refractivity contribution in [3.05, 3.63) is 63.7 Å². The molecule has 2 aromatic rings. The van der Waals surface area contributed by atoms with Gasteiger partial charge in [0.25, 0.3) is 11.6 Å². The lowest BCUT2D eigenvalue weighted by atomic mass is 10.1. The summed E-state index contributed by atoms with van der Waals surface area (Å²) in [5.74, 6) is -0.403. The van der Waals surface area contributed by atoms with E-state index in [9.17, 15) is 23.3 Å². The van der Waals surface area contributed by atoms with Crippen LogP contribution in [0, 0.1) is 17.0 Å². The first-order valence-corrected chi connectivity index (χ1v) is 11.6. The normalized spacial score (nSPS) is 14.7. The minimum absolute atomic E-state index is 0.0417. The molecule has 9 nitrogen and oxygen atoms in total. The summed E-state index contributed by atoms with van der Waals surface area (Å²) in [6, 6.07) is 10.9. The Bertz CT molecular complexity index is 1070. The van der Waals surface area contributed by atoms with Gasteiger partial charge in [-0.05, 0) is 43.5 Å². The van der Waals surface area contributed by atoms with Gasteiger partial charge >= 0.3 is 0 Å². The summed E-state index contributed by atoms with van der Waals surface area (Å²) in [5, 5.41) is 16.7. The highest BCUT2D eigenvalue weighted by molar-refractivity contribution is 7.89. The van der Waals surface area contributed by atoms with Gasteiger partial charge in [0.2, 0.25) is 10.0 Å². The van der Waals surface area contributed by atoms with Crippen LogP contribution in [0.1, 0.15) is 35.2 Å². The van der Waals surface area contributed by atoms with E-state index in [1.807, 2.05) is 0 Å². The van der Waals surface area contributed by atoms with Crippen LogP contribution < -0.4 is 10.6 Å². The second kappa shape index (κ2) is 9.88. The summed E-state index contributed by atoms with van der Waals surface area (Å²) in [7, 11) is -3.65. The molecule has 0 unspecified atom stereocenters. The maximum atomic E-state index is 13.0. The number of amides is 1. The summed E-state index contributed by atoms with van der Waals surface area (Å²) >= 11 is 0. The Labute approximate surface area is 181 Å². The molecule has 2 aromatic carbocycles. The third kappa shape index (κ3) is 5.39. The number of anilines is 1. The van der Waals surface area contributed by atoms with Gasteiger partial charge < -0.3 is 10.6 Å². The fourth-order valence-electron chi connectivity index (χ4n) is 3.52. The number of nitrogens with one attached hydrogen (secondary N) is 2. The van der Waals surface area contributed by atoms with E-state index in [0.29, 0.717) is 24.3 Å². The molecule has 1 amide bonds. The van der Waals surface area contributed by atoms with Crippen LogP contribution in [0.3, 0.4) is 0 Å². The largest absolute Gasteiger partial charge is 0.378 e. The predicted molar refractivity (Wildman–Crippen MR) is 118 cm³/mol. The number of para-hydroxylation sites is 2. The third-order valence-electron chi connectivity index (χ3n) is 5.21. The number of hydrogen-bond donors (Lipinski definition) is 2. The Morgan fingerprint density at radius 3 is 2.52 bits per heavy atom. The third-order valence-corrected chi connectivity index (χ3v) is 7.25. The summed E-state index contributed by atoms with van der Waals surface area (Å²) in [6.45, 7) is 3.20. The molecular weight excluding hydrogens is 420 g/mol. The topological polar surface area (TPSA) is 122 Å². The number of carbonyl (C=O) groups excluding carboxylic acids is 1. The molecule has 10 heteroatoms. The van der Waals surface area contributed by atoms with E-state index in [1.54, 1.807) is 37.3 Å². The number of sulfonamides is 1. The van der Waals surface area contributed by atoms with E-state index >= 15 is 0 Å². The highest BCUT2D eigenvalue weighted by Gasteiger charge is 2.28. The molecule has 0 atom stereocenters. The molecule has 31 heavy (non-hydrogen) atoms. The summed E-state index contributed by atoms with van der Waals surface area (Å²) in [5.41, 5.74) is 1.18. The number of aryl methyl sites for hydroxylation is 1. The number of hydrogen-bond acceptors (Lipinski definition) is 6. The van der Waals surface area contributed by atoms with Crippen molar-refractivity contribution in [1.29, 1.82) is 0 Å². The van der Waals surface area contributed by atoms with E-state index in [0.717, 1.165) is 19.3 Å². The second-order valence-electron chi connectivity index (χ2n) is 7.40. The van der Waals surface area contributed by atoms with Crippen molar-refractivity contribution in [2.45, 2.75) is 31.1 Å². The van der Waals surface area contributed by atoms with E-state index < -0.39 is 20.9 Å². The standard InChI is InChI=1S/C21H26N4O5S/c1-16-9-10-17(15-20(16)31(29,30)24-13-5-2-6-14-24)21(26)23-12-11-22-18-7-3-4-8-19(18)25(27)28/h3-4,7-10,15,22H,2,5-6,11-14H2,1H3,(H,23,26). The van der Waals surface area contributed by atoms with Gasteiger partial charge in [-0.15, -0.1) is 0 Å². The molecule has 0 aliphatic carbocycles. The molecule has 2 N–H and O–H groups in total. The minimum Gasteiger partial charge on any atom is -0.378 e. The number of nitrogens with zero attached hydrogens (tertiary/aromatic N) is 2. The maximum Gasteiger partial charge on any atom is 0.292 e. The van der Waals surface area contributed by atoms with Crippen LogP contribution in [0.25, 0.3) is 0 Å². The van der Waals surface area contributed by atoms with Gasteiger partial charge in [0, 0.05) is 37.8 Å². The van der Waals surface area contributed by atoms with Crippen LogP contribution in [-0.4, -0.2) is 49.7 Å². The monoisotopic (exact) mass is 446 g/mol. The number of carbonyl (C=O) groups is 1. The van der Waals surface area contributed by atoms with Gasteiger partial charge in [-0.2, -0.15) is 4.31 Å². The predicted octanol–water partition coefficient (Wildman–Crippen LogP) is 2.92. The molecule has 166 valence electrons. The van der Waals surface area contributed by atoms with Gasteiger partial charge in [0.15, 0.2) is 0 Å². The Kier molecular flexibility index (Phi) is 7.24. The number of nitro groups is 1. The van der Waals surface area contributed by atoms with Crippen molar-refractivity contribution < 1.29 is 18.1 Å². The minimum atomic E-state index is -3.65. The highest BCUT2D eigenvalue weighted by atomic mass is 32.2. The average Bonchev–Trinajstić information content (AvgIpc) is 2.77. The van der Waals surface area contributed by atoms with Crippen molar-refractivity contribution in [1.82, 2.24) is 9.62 Å². The Hall–Kier alpha value is -2.98. The number of piperidine rings is 1. The van der Waals surface area contributed by atoms with Crippen LogP contribution in [0.15, 0.2) is 47.4 Å². The summed E-state index contributed by atoms with van der Waals surface area (Å²) in [4.78, 5) is 23.3. The Balaban J connectivity index is 1.64. The van der Waals surface area contributed by atoms with Crippen LogP contribution in [-0.2, 0) is 10.0 Å². The molecule has 1 heterocycles. The van der Waals surface area contributed by atoms with Gasteiger partial charge in [-0.25, -0.2) is 8.42 Å². The molecule has 1 saturated heterocycles. The molecule has 0 spiro atoms. The maximum absolute atomic E-state index is 13.0. The number of rotatable bonds is 8. The average molecular weight is 447 g/mol. The van der Waals surface area contributed by atoms with E-state index in [2.05, 4.69) is 10.6 Å². The lowest BCUT2D eigenvalue weighted by Crippen LogP contribution is -2.36. The Morgan fingerprint density at radius 1 is 1.10 bits per heavy atom. The van der Waals surface area contributed by atoms with Crippen LogP contribution in [0.4, 0.5) is 11.4 Å². The van der Waals surface area contributed by atoms with Gasteiger partial charge in [-0.3, -0.25) is 14.9 Å². The smallest absolute Gasteiger partial charge is 0.292 e. The van der Waals surface area contributed by atoms with Crippen LogP contribution in [0.5, 0.6) is 0 Å². The molecule has 3 rings (SSSR count). The van der Waals surface area contributed by atoms with E-state index in [1.165, 1.54) is 16.4 Å². The van der Waals surface area contributed by atoms with Crippen molar-refractivity contribution in [3.8, 4) is 0 Å². The highest BCUT2D eigenvalue weighted by Crippen LogP contribution is 2.25. The van der Waals surface area contributed by atoms with Crippen molar-refractivity contribution in [2.24, 2.45) is 0 Å². The first-order valence-electron chi connectivity index (χ1n) is 10.2. The lowest BCUT2D eigenvalue weighted by molar-refractivity contribution is -0.384. The number of nitro benzene ring substituents is 1. The van der Waals surface area contributed by atoms with Crippen LogP contribution in [0.2, 0.25) is 0 Å².